The summed E-state index contributed by atoms with van der Waals surface area (Å²) in [5.74, 6) is 0.756. The number of H-pyrrole nitrogens is 1. The number of anilines is 1. The average Bonchev–Trinajstić information content (AvgIpc) is 3.41. The van der Waals surface area contributed by atoms with E-state index in [0.717, 1.165) is 50.3 Å². The quantitative estimate of drug-likeness (QED) is 0.384. The van der Waals surface area contributed by atoms with Gasteiger partial charge in [0.25, 0.3) is 0 Å². The second-order valence-electron chi connectivity index (χ2n) is 7.85. The van der Waals surface area contributed by atoms with Crippen molar-refractivity contribution in [3.63, 3.8) is 0 Å². The first kappa shape index (κ1) is 19.8. The molecule has 5 aromatic rings. The maximum atomic E-state index is 12.3. The van der Waals surface area contributed by atoms with Crippen molar-refractivity contribution in [2.45, 2.75) is 13.0 Å². The van der Waals surface area contributed by atoms with Crippen LogP contribution < -0.4 is 10.6 Å². The Kier molecular flexibility index (Phi) is 5.07. The van der Waals surface area contributed by atoms with Gasteiger partial charge in [0.05, 0.1) is 18.3 Å². The van der Waals surface area contributed by atoms with E-state index in [1.165, 1.54) is 0 Å². The van der Waals surface area contributed by atoms with Gasteiger partial charge in [-0.15, -0.1) is 0 Å². The van der Waals surface area contributed by atoms with Gasteiger partial charge < -0.3 is 20.2 Å². The number of nitrogens with zero attached hydrogens (tertiary/aromatic N) is 3. The van der Waals surface area contributed by atoms with Gasteiger partial charge in [-0.05, 0) is 28.8 Å². The number of fused-ring (bicyclic) bond motifs is 3. The third kappa shape index (κ3) is 3.69. The van der Waals surface area contributed by atoms with E-state index in [1.54, 1.807) is 6.33 Å². The maximum Gasteiger partial charge on any atom is 0.224 e. The number of aryl methyl sites for hydroxylation is 1. The molecule has 3 N–H and O–H groups in total. The minimum Gasteiger partial charge on any atom is -0.371 e. The Balaban J connectivity index is 1.40. The highest BCUT2D eigenvalue weighted by Gasteiger charge is 2.15. The third-order valence-electron chi connectivity index (χ3n) is 5.61. The summed E-state index contributed by atoms with van der Waals surface area (Å²) in [6.45, 7) is 0.480. The van der Waals surface area contributed by atoms with Crippen LogP contribution in [0.15, 0.2) is 67.0 Å². The fourth-order valence-electron chi connectivity index (χ4n) is 4.02. The minimum atomic E-state index is 0.00890. The first-order valence-corrected chi connectivity index (χ1v) is 10.5. The molecule has 1 amide bonds. The molecule has 32 heavy (non-hydrogen) atoms. The lowest BCUT2D eigenvalue weighted by Gasteiger charge is -2.07. The van der Waals surface area contributed by atoms with E-state index in [-0.39, 0.29) is 5.91 Å². The van der Waals surface area contributed by atoms with Crippen molar-refractivity contribution in [1.29, 1.82) is 0 Å². The molecule has 0 saturated carbocycles. The molecule has 7 heteroatoms. The molecule has 0 aliphatic heterocycles. The number of rotatable bonds is 6. The molecular formula is C25H24N6O. The average molecular weight is 425 g/mol. The van der Waals surface area contributed by atoms with Crippen LogP contribution >= 0.6 is 0 Å². The smallest absolute Gasteiger partial charge is 0.224 e. The van der Waals surface area contributed by atoms with Crippen LogP contribution in [-0.2, 0) is 24.8 Å². The Morgan fingerprint density at radius 2 is 1.88 bits per heavy atom. The van der Waals surface area contributed by atoms with Crippen LogP contribution in [0, 0.1) is 0 Å². The Labute approximate surface area is 185 Å². The molecule has 0 radical (unpaired) electrons. The van der Waals surface area contributed by atoms with Crippen molar-refractivity contribution in [2.24, 2.45) is 7.05 Å². The highest BCUT2D eigenvalue weighted by atomic mass is 16.1. The van der Waals surface area contributed by atoms with E-state index < -0.39 is 0 Å². The molecule has 0 saturated heterocycles. The highest BCUT2D eigenvalue weighted by molar-refractivity contribution is 6.07. The molecule has 5 rings (SSSR count). The van der Waals surface area contributed by atoms with Crippen LogP contribution in [0.25, 0.3) is 33.3 Å². The topological polar surface area (TPSA) is 87.6 Å². The fourth-order valence-corrected chi connectivity index (χ4v) is 4.02. The monoisotopic (exact) mass is 424 g/mol. The molecule has 0 aliphatic carbocycles. The van der Waals surface area contributed by atoms with Gasteiger partial charge in [-0.1, -0.05) is 48.5 Å². The summed E-state index contributed by atoms with van der Waals surface area (Å²) in [6, 6.07) is 20.0. The zero-order chi connectivity index (χ0) is 22.1. The maximum absolute atomic E-state index is 12.3. The van der Waals surface area contributed by atoms with Crippen LogP contribution in [0.4, 0.5) is 5.82 Å². The Morgan fingerprint density at radius 3 is 2.69 bits per heavy atom. The highest BCUT2D eigenvalue weighted by Crippen LogP contribution is 2.31. The van der Waals surface area contributed by atoms with Gasteiger partial charge >= 0.3 is 0 Å². The number of benzene rings is 2. The number of aromatic nitrogens is 4. The van der Waals surface area contributed by atoms with Crippen molar-refractivity contribution >= 4 is 33.8 Å². The Morgan fingerprint density at radius 1 is 1.06 bits per heavy atom. The number of amides is 1. The Bertz CT molecular complexity index is 1420. The van der Waals surface area contributed by atoms with Gasteiger partial charge in [0.15, 0.2) is 5.82 Å². The van der Waals surface area contributed by atoms with Gasteiger partial charge in [-0.3, -0.25) is 4.79 Å². The molecule has 7 nitrogen and oxygen atoms in total. The number of carbonyl (C=O) groups excluding carboxylic acids is 1. The minimum absolute atomic E-state index is 0.00890. The van der Waals surface area contributed by atoms with E-state index in [9.17, 15) is 4.79 Å². The number of pyridine rings is 1. The molecule has 160 valence electrons. The molecule has 0 atom stereocenters. The lowest BCUT2D eigenvalue weighted by molar-refractivity contribution is -0.120. The molecule has 0 spiro atoms. The molecule has 0 bridgehead atoms. The molecule has 0 fully saturated rings. The SMILES string of the molecule is CNc1nc2[nH]c(-c3cccc(CNC(=O)Cc4ccccc4)c3)cc2c2c1ncn2C. The number of hydrogen-bond donors (Lipinski definition) is 3. The van der Waals surface area contributed by atoms with E-state index in [2.05, 4.69) is 38.8 Å². The first-order chi connectivity index (χ1) is 15.6. The number of imidazole rings is 1. The predicted octanol–water partition coefficient (Wildman–Crippen LogP) is 4.02. The van der Waals surface area contributed by atoms with E-state index >= 15 is 0 Å². The lowest BCUT2D eigenvalue weighted by atomic mass is 10.1. The lowest BCUT2D eigenvalue weighted by Crippen LogP contribution is -2.24. The van der Waals surface area contributed by atoms with Crippen LogP contribution in [0.1, 0.15) is 11.1 Å². The molecule has 3 aromatic heterocycles. The van der Waals surface area contributed by atoms with Crippen molar-refractivity contribution in [3.05, 3.63) is 78.1 Å². The van der Waals surface area contributed by atoms with Gasteiger partial charge in [0.1, 0.15) is 11.2 Å². The normalized spacial score (nSPS) is 11.2. The predicted molar refractivity (Wildman–Crippen MR) is 127 cm³/mol. The molecule has 0 unspecified atom stereocenters. The summed E-state index contributed by atoms with van der Waals surface area (Å²) in [5.41, 5.74) is 6.75. The summed E-state index contributed by atoms with van der Waals surface area (Å²) < 4.78 is 2.01. The zero-order valence-corrected chi connectivity index (χ0v) is 18.0. The zero-order valence-electron chi connectivity index (χ0n) is 18.0. The molecule has 2 aromatic carbocycles. The second-order valence-corrected chi connectivity index (χ2v) is 7.85. The standard InChI is InChI=1S/C25H24N6O/c1-26-25-22-23(31(2)15-28-22)19-13-20(29-24(19)30-25)18-10-6-9-17(11-18)14-27-21(32)12-16-7-4-3-5-8-16/h3-11,13,15H,12,14H2,1-2H3,(H,27,32)(H2,26,29,30). The number of hydrogen-bond acceptors (Lipinski definition) is 4. The molecule has 3 heterocycles. The summed E-state index contributed by atoms with van der Waals surface area (Å²) in [5, 5.41) is 7.17. The van der Waals surface area contributed by atoms with Crippen molar-refractivity contribution in [2.75, 3.05) is 12.4 Å². The fraction of sp³-hybridized carbons (Fsp3) is 0.160. The molecular weight excluding hydrogens is 400 g/mol. The third-order valence-corrected chi connectivity index (χ3v) is 5.61. The van der Waals surface area contributed by atoms with Gasteiger partial charge in [0.2, 0.25) is 5.91 Å². The Hall–Kier alpha value is -4.13. The van der Waals surface area contributed by atoms with Crippen LogP contribution in [0.5, 0.6) is 0 Å². The van der Waals surface area contributed by atoms with Gasteiger partial charge in [0, 0.05) is 31.7 Å². The summed E-state index contributed by atoms with van der Waals surface area (Å²) in [4.78, 5) is 24.9. The summed E-state index contributed by atoms with van der Waals surface area (Å²) in [7, 11) is 3.83. The van der Waals surface area contributed by atoms with E-state index in [4.69, 9.17) is 4.98 Å². The van der Waals surface area contributed by atoms with Gasteiger partial charge in [-0.2, -0.15) is 0 Å². The van der Waals surface area contributed by atoms with Crippen LogP contribution in [0.3, 0.4) is 0 Å². The summed E-state index contributed by atoms with van der Waals surface area (Å²) in [6.07, 6.45) is 2.18. The van der Waals surface area contributed by atoms with Crippen LogP contribution in [-0.4, -0.2) is 32.5 Å². The van der Waals surface area contributed by atoms with Gasteiger partial charge in [-0.25, -0.2) is 9.97 Å². The van der Waals surface area contributed by atoms with Crippen molar-refractivity contribution < 1.29 is 4.79 Å². The largest absolute Gasteiger partial charge is 0.371 e. The molecule has 0 aliphatic rings. The summed E-state index contributed by atoms with van der Waals surface area (Å²) >= 11 is 0. The second kappa shape index (κ2) is 8.19. The number of carbonyl (C=O) groups is 1. The van der Waals surface area contributed by atoms with Crippen LogP contribution in [0.2, 0.25) is 0 Å². The van der Waals surface area contributed by atoms with Crippen molar-refractivity contribution in [1.82, 2.24) is 24.8 Å². The first-order valence-electron chi connectivity index (χ1n) is 10.5. The number of nitrogens with one attached hydrogen (secondary N) is 3. The number of aromatic amines is 1. The van der Waals surface area contributed by atoms with E-state index in [0.29, 0.717) is 13.0 Å². The van der Waals surface area contributed by atoms with Crippen molar-refractivity contribution in [3.8, 4) is 11.3 Å². The van der Waals surface area contributed by atoms with E-state index in [1.807, 2.05) is 61.1 Å².